The first-order chi connectivity index (χ1) is 26.0. The van der Waals surface area contributed by atoms with Crippen molar-refractivity contribution in [2.24, 2.45) is 23.7 Å². The molecule has 6 atom stereocenters. The molecule has 280 valence electrons. The molecule has 2 fully saturated rings. The van der Waals surface area contributed by atoms with Gasteiger partial charge in [0.05, 0.1) is 34.1 Å². The van der Waals surface area contributed by atoms with Gasteiger partial charge in [-0.2, -0.15) is 26.3 Å². The summed E-state index contributed by atoms with van der Waals surface area (Å²) < 4.78 is 83.4. The van der Waals surface area contributed by atoms with Crippen LogP contribution in [0.2, 0.25) is 5.02 Å². The van der Waals surface area contributed by atoms with Gasteiger partial charge in [0.25, 0.3) is 0 Å². The van der Waals surface area contributed by atoms with Crippen molar-refractivity contribution in [1.82, 2.24) is 0 Å². The van der Waals surface area contributed by atoms with Crippen LogP contribution in [0.5, 0.6) is 5.75 Å². The van der Waals surface area contributed by atoms with E-state index in [1.807, 2.05) is 0 Å². The number of hydrogen-bond acceptors (Lipinski definition) is 5. The minimum Gasteiger partial charge on any atom is -0.508 e. The molecule has 2 amide bonds. The average molecular weight is 776 g/mol. The van der Waals surface area contributed by atoms with Gasteiger partial charge in [-0.05, 0) is 71.9 Å². The number of anilines is 1. The number of Topliss-reactive ketones (excluding diaryl/α,β-unsaturated/α-hetero) is 1. The number of alkyl halides is 6. The molecule has 0 unspecified atom stereocenters. The minimum absolute atomic E-state index is 0.0416. The Hall–Kier alpha value is -5.49. The molecule has 1 saturated heterocycles. The van der Waals surface area contributed by atoms with Gasteiger partial charge in [-0.3, -0.25) is 19.2 Å². The lowest BCUT2D eigenvalue weighted by molar-refractivity contribution is -0.143. The maximum Gasteiger partial charge on any atom is 0.416 e. The molecule has 0 bridgehead atoms. The summed E-state index contributed by atoms with van der Waals surface area (Å²) in [5.41, 5.74) is -4.05. The van der Waals surface area contributed by atoms with Crippen LogP contribution in [0.15, 0.2) is 115 Å². The van der Waals surface area contributed by atoms with Crippen LogP contribution in [0.3, 0.4) is 0 Å². The number of allylic oxidation sites excluding steroid dienone is 4. The van der Waals surface area contributed by atoms with Crippen molar-refractivity contribution in [1.29, 1.82) is 0 Å². The molecule has 0 aromatic heterocycles. The summed E-state index contributed by atoms with van der Waals surface area (Å²) in [7, 11) is 0. The molecular formula is C42H28ClF6NO5. The number of carbonyl (C=O) groups excluding carboxylic acids is 4. The van der Waals surface area contributed by atoms with Gasteiger partial charge in [0, 0.05) is 22.4 Å². The first-order valence-corrected chi connectivity index (χ1v) is 17.7. The van der Waals surface area contributed by atoms with Crippen LogP contribution in [0, 0.1) is 23.7 Å². The van der Waals surface area contributed by atoms with E-state index in [0.717, 1.165) is 0 Å². The fourth-order valence-electron chi connectivity index (χ4n) is 9.29. The highest BCUT2D eigenvalue weighted by atomic mass is 35.5. The largest absolute Gasteiger partial charge is 0.508 e. The summed E-state index contributed by atoms with van der Waals surface area (Å²) in [6, 6.07) is 21.9. The highest BCUT2D eigenvalue weighted by Crippen LogP contribution is 2.64. The zero-order valence-electron chi connectivity index (χ0n) is 28.4. The van der Waals surface area contributed by atoms with Crippen molar-refractivity contribution >= 4 is 46.2 Å². The number of aromatic hydroxyl groups is 1. The van der Waals surface area contributed by atoms with Gasteiger partial charge in [0.15, 0.2) is 11.6 Å². The summed E-state index contributed by atoms with van der Waals surface area (Å²) in [4.78, 5) is 59.0. The molecule has 13 heteroatoms. The Kier molecular flexibility index (Phi) is 8.49. The Morgan fingerprint density at radius 3 is 1.96 bits per heavy atom. The van der Waals surface area contributed by atoms with Gasteiger partial charge in [-0.15, -0.1) is 0 Å². The topological polar surface area (TPSA) is 91.8 Å². The Morgan fingerprint density at radius 1 is 0.745 bits per heavy atom. The van der Waals surface area contributed by atoms with Crippen molar-refractivity contribution in [2.45, 2.75) is 36.5 Å². The number of rotatable bonds is 4. The lowest BCUT2D eigenvalue weighted by atomic mass is 9.44. The smallest absolute Gasteiger partial charge is 0.416 e. The number of phenolic OH excluding ortho intramolecular Hbond substituents is 1. The third kappa shape index (κ3) is 5.63. The molecule has 4 aromatic rings. The number of hydrogen-bond donors (Lipinski definition) is 1. The fourth-order valence-corrected chi connectivity index (χ4v) is 9.57. The number of ketones is 2. The van der Waals surface area contributed by atoms with Gasteiger partial charge < -0.3 is 5.11 Å². The number of nitrogens with zero attached hydrogens (tertiary/aromatic N) is 1. The molecule has 4 aliphatic rings. The fraction of sp³-hybridized carbons (Fsp3) is 0.238. The number of phenols is 1. The lowest BCUT2D eigenvalue weighted by Gasteiger charge is -2.55. The number of imide groups is 1. The molecular weight excluding hydrogens is 748 g/mol. The van der Waals surface area contributed by atoms with E-state index in [1.54, 1.807) is 66.7 Å². The van der Waals surface area contributed by atoms with Gasteiger partial charge in [-0.25, -0.2) is 4.90 Å². The minimum atomic E-state index is -5.23. The molecule has 1 heterocycles. The van der Waals surface area contributed by atoms with Gasteiger partial charge >= 0.3 is 12.4 Å². The summed E-state index contributed by atoms with van der Waals surface area (Å²) >= 11 is 6.84. The quantitative estimate of drug-likeness (QED) is 0.127. The van der Waals surface area contributed by atoms with Crippen LogP contribution in [0.4, 0.5) is 32.0 Å². The molecule has 1 saturated carbocycles. The molecule has 0 spiro atoms. The Bertz CT molecular complexity index is 2320. The van der Waals surface area contributed by atoms with E-state index in [1.165, 1.54) is 24.3 Å². The van der Waals surface area contributed by atoms with E-state index in [2.05, 4.69) is 0 Å². The van der Waals surface area contributed by atoms with E-state index in [4.69, 9.17) is 11.6 Å². The van der Waals surface area contributed by atoms with E-state index in [9.17, 15) is 45.8 Å². The van der Waals surface area contributed by atoms with E-state index >= 15 is 4.79 Å². The summed E-state index contributed by atoms with van der Waals surface area (Å²) in [5.74, 6) is -8.76. The Labute approximate surface area is 314 Å². The predicted molar refractivity (Wildman–Crippen MR) is 189 cm³/mol. The van der Waals surface area contributed by atoms with Crippen LogP contribution >= 0.6 is 11.6 Å². The third-order valence-electron chi connectivity index (χ3n) is 11.5. The second-order valence-electron chi connectivity index (χ2n) is 14.3. The highest BCUT2D eigenvalue weighted by molar-refractivity contribution is 6.33. The molecule has 8 rings (SSSR count). The van der Waals surface area contributed by atoms with Gasteiger partial charge in [0.1, 0.15) is 5.75 Å². The SMILES string of the molecule is O=C1C(c2ccccc2)=CC(=O)[C@@]2(c3ccccc3)[C@@H](c3ccc(O)cc3Cl)C3=CC[C@@H]4C(=O)N(c5cc(C(F)(F)F)cc(C(F)(F)F)c5)C(=O)[C@@H]4[C@@H]3C[C@@H]12. The monoisotopic (exact) mass is 775 g/mol. The zero-order valence-corrected chi connectivity index (χ0v) is 29.1. The molecule has 55 heavy (non-hydrogen) atoms. The average Bonchev–Trinajstić information content (AvgIpc) is 3.41. The summed E-state index contributed by atoms with van der Waals surface area (Å²) in [6.07, 6.45) is -7.78. The Balaban J connectivity index is 1.34. The van der Waals surface area contributed by atoms with Crippen molar-refractivity contribution in [2.75, 3.05) is 4.90 Å². The second kappa shape index (κ2) is 12.8. The van der Waals surface area contributed by atoms with Crippen LogP contribution < -0.4 is 4.90 Å². The van der Waals surface area contributed by atoms with Gasteiger partial charge in [-0.1, -0.05) is 90.0 Å². The number of fused-ring (bicyclic) bond motifs is 4. The van der Waals surface area contributed by atoms with E-state index in [-0.39, 0.29) is 35.3 Å². The summed E-state index contributed by atoms with van der Waals surface area (Å²) in [5, 5.41) is 10.4. The molecule has 4 aromatic carbocycles. The van der Waals surface area contributed by atoms with Crippen LogP contribution in [0.25, 0.3) is 5.57 Å². The van der Waals surface area contributed by atoms with Crippen molar-refractivity contribution in [3.05, 3.63) is 148 Å². The maximum absolute atomic E-state index is 15.1. The van der Waals surface area contributed by atoms with Crippen LogP contribution in [-0.2, 0) is 36.9 Å². The molecule has 3 aliphatic carbocycles. The van der Waals surface area contributed by atoms with Crippen molar-refractivity contribution in [3.8, 4) is 5.75 Å². The predicted octanol–water partition coefficient (Wildman–Crippen LogP) is 9.11. The molecule has 6 nitrogen and oxygen atoms in total. The first kappa shape index (κ1) is 36.5. The number of amides is 2. The number of benzene rings is 4. The maximum atomic E-state index is 15.1. The molecule has 1 N–H and O–H groups in total. The van der Waals surface area contributed by atoms with Crippen molar-refractivity contribution < 1.29 is 50.6 Å². The van der Waals surface area contributed by atoms with Gasteiger partial charge in [0.2, 0.25) is 11.8 Å². The highest BCUT2D eigenvalue weighted by Gasteiger charge is 2.66. The molecule has 0 radical (unpaired) electrons. The van der Waals surface area contributed by atoms with Crippen molar-refractivity contribution in [3.63, 3.8) is 0 Å². The third-order valence-corrected chi connectivity index (χ3v) is 11.8. The first-order valence-electron chi connectivity index (χ1n) is 17.3. The normalized spacial score (nSPS) is 26.6. The standard InChI is InChI=1S/C42H28ClF6NO5/c43-33-18-26(51)11-12-28(33)36-27-13-14-29-35(39(55)50(38(29)54)25-16-23(41(44,45)46)15-24(17-25)42(47,48)49)31(27)19-32-37(53)30(21-7-3-1-4-8-21)20-34(52)40(32,36)22-9-5-2-6-10-22/h1-13,15-18,20,29,31-32,35-36,51H,14,19H2/t29-,31+,32-,35-,36+,40-/m0/s1. The second-order valence-corrected chi connectivity index (χ2v) is 14.7. The van der Waals surface area contributed by atoms with E-state index in [0.29, 0.717) is 39.3 Å². The lowest BCUT2D eigenvalue weighted by Crippen LogP contribution is -2.58. The molecule has 1 aliphatic heterocycles. The van der Waals surface area contributed by atoms with Crippen LogP contribution in [0.1, 0.15) is 46.6 Å². The van der Waals surface area contributed by atoms with Crippen LogP contribution in [-0.4, -0.2) is 28.5 Å². The Morgan fingerprint density at radius 2 is 1.36 bits per heavy atom. The number of carbonyl (C=O) groups is 4. The summed E-state index contributed by atoms with van der Waals surface area (Å²) in [6.45, 7) is 0. The van der Waals surface area contributed by atoms with E-state index < -0.39 is 87.6 Å². The zero-order chi connectivity index (χ0) is 39.2. The number of halogens is 7.